The highest BCUT2D eigenvalue weighted by molar-refractivity contribution is 6.27. The maximum Gasteiger partial charge on any atom is 0.0468 e. The Kier molecular flexibility index (Phi) is 9.09. The Morgan fingerprint density at radius 3 is 0.759 bits per heavy atom. The highest BCUT2D eigenvalue weighted by atomic mass is 15.2. The van der Waals surface area contributed by atoms with Gasteiger partial charge in [0.25, 0.3) is 0 Å². The SMILES string of the molecule is Cc1cccc(N(c2ccccc2)c2ccc3c4cc(N(c5ccccc5)c5ccccc5)ccc4c4cc(N(c5ccccc5)c5ccccc5)ccc4c3c2)c1. The second-order valence-electron chi connectivity index (χ2n) is 14.7. The lowest BCUT2D eigenvalue weighted by molar-refractivity contribution is 1.28. The van der Waals surface area contributed by atoms with Gasteiger partial charge in [0.15, 0.2) is 0 Å². The standard InChI is InChI=1S/C55H41N3/c1-40-18-17-29-46(36-40)58(45-27-15-6-16-28-45)49-32-35-52-54-38-47(56(41-19-7-2-8-20-41)42-21-9-3-10-22-42)30-33-50(54)53-37-48(31-34-51(53)55(52)39-49)57(43-23-11-4-12-24-43)44-25-13-5-14-26-44/h2-39H,1H3. The zero-order valence-electron chi connectivity index (χ0n) is 32.3. The Bertz CT molecular complexity index is 2810. The molecule has 0 fully saturated rings. The molecule has 0 atom stereocenters. The van der Waals surface area contributed by atoms with E-state index < -0.39 is 0 Å². The van der Waals surface area contributed by atoms with Crippen LogP contribution in [0.15, 0.2) is 231 Å². The largest absolute Gasteiger partial charge is 0.310 e. The van der Waals surface area contributed by atoms with Crippen molar-refractivity contribution in [3.05, 3.63) is 236 Å². The summed E-state index contributed by atoms with van der Waals surface area (Å²) in [6.45, 7) is 2.16. The van der Waals surface area contributed by atoms with E-state index in [0.717, 1.165) is 51.2 Å². The van der Waals surface area contributed by atoms with Crippen molar-refractivity contribution in [2.75, 3.05) is 14.7 Å². The molecular formula is C55H41N3. The molecule has 10 aromatic carbocycles. The van der Waals surface area contributed by atoms with Gasteiger partial charge in [0.05, 0.1) is 0 Å². The predicted molar refractivity (Wildman–Crippen MR) is 248 cm³/mol. The molecule has 0 aliphatic heterocycles. The Hall–Kier alpha value is -7.62. The number of para-hydroxylation sites is 5. The summed E-state index contributed by atoms with van der Waals surface area (Å²) in [4.78, 5) is 7.07. The molecule has 276 valence electrons. The van der Waals surface area contributed by atoms with E-state index in [1.165, 1.54) is 37.9 Å². The van der Waals surface area contributed by atoms with E-state index in [1.807, 2.05) is 0 Å². The highest BCUT2D eigenvalue weighted by Gasteiger charge is 2.20. The van der Waals surface area contributed by atoms with Crippen molar-refractivity contribution in [1.29, 1.82) is 0 Å². The van der Waals surface area contributed by atoms with Crippen LogP contribution in [0.2, 0.25) is 0 Å². The van der Waals surface area contributed by atoms with E-state index in [4.69, 9.17) is 0 Å². The molecule has 0 bridgehead atoms. The predicted octanol–water partition coefficient (Wildman–Crippen LogP) is 15.9. The topological polar surface area (TPSA) is 9.72 Å². The second-order valence-corrected chi connectivity index (χ2v) is 14.7. The number of benzene rings is 10. The van der Waals surface area contributed by atoms with Crippen LogP contribution in [0.3, 0.4) is 0 Å². The second kappa shape index (κ2) is 15.1. The lowest BCUT2D eigenvalue weighted by atomic mass is 9.92. The monoisotopic (exact) mass is 743 g/mol. The van der Waals surface area contributed by atoms with Crippen molar-refractivity contribution in [1.82, 2.24) is 0 Å². The molecule has 0 heterocycles. The quantitative estimate of drug-likeness (QED) is 0.136. The van der Waals surface area contributed by atoms with Crippen molar-refractivity contribution < 1.29 is 0 Å². The van der Waals surface area contributed by atoms with Crippen LogP contribution in [0.5, 0.6) is 0 Å². The average Bonchev–Trinajstić information content (AvgIpc) is 3.28. The summed E-state index contributed by atoms with van der Waals surface area (Å²) in [5.74, 6) is 0. The molecule has 0 radical (unpaired) electrons. The number of fused-ring (bicyclic) bond motifs is 6. The van der Waals surface area contributed by atoms with Gasteiger partial charge in [-0.3, -0.25) is 0 Å². The fourth-order valence-corrected chi connectivity index (χ4v) is 8.38. The summed E-state index contributed by atoms with van der Waals surface area (Å²) in [6.07, 6.45) is 0. The molecule has 0 unspecified atom stereocenters. The minimum Gasteiger partial charge on any atom is -0.310 e. The lowest BCUT2D eigenvalue weighted by Gasteiger charge is -2.28. The fraction of sp³-hybridized carbons (Fsp3) is 0.0182. The Balaban J connectivity index is 1.26. The summed E-state index contributed by atoms with van der Waals surface area (Å²) in [7, 11) is 0. The molecule has 0 aliphatic rings. The van der Waals surface area contributed by atoms with Crippen LogP contribution >= 0.6 is 0 Å². The van der Waals surface area contributed by atoms with Crippen molar-refractivity contribution in [2.45, 2.75) is 6.92 Å². The molecule has 0 amide bonds. The van der Waals surface area contributed by atoms with Crippen molar-refractivity contribution in [3.63, 3.8) is 0 Å². The molecule has 0 N–H and O–H groups in total. The smallest absolute Gasteiger partial charge is 0.0468 e. The minimum absolute atomic E-state index is 1.10. The molecule has 3 nitrogen and oxygen atoms in total. The van der Waals surface area contributed by atoms with Gasteiger partial charge in [-0.05, 0) is 154 Å². The van der Waals surface area contributed by atoms with Gasteiger partial charge in [0.1, 0.15) is 0 Å². The molecule has 3 heteroatoms. The molecule has 58 heavy (non-hydrogen) atoms. The molecule has 0 spiro atoms. The zero-order valence-corrected chi connectivity index (χ0v) is 32.3. The van der Waals surface area contributed by atoms with E-state index in [0.29, 0.717) is 0 Å². The van der Waals surface area contributed by atoms with Crippen molar-refractivity contribution >= 4 is 83.5 Å². The molecule has 0 saturated heterocycles. The van der Waals surface area contributed by atoms with E-state index >= 15 is 0 Å². The molecule has 0 aliphatic carbocycles. The molecule has 10 rings (SSSR count). The first kappa shape index (κ1) is 34.8. The highest BCUT2D eigenvalue weighted by Crippen LogP contribution is 2.45. The summed E-state index contributed by atoms with van der Waals surface area (Å²) in [5, 5.41) is 7.24. The van der Waals surface area contributed by atoms with E-state index in [-0.39, 0.29) is 0 Å². The van der Waals surface area contributed by atoms with Crippen LogP contribution < -0.4 is 14.7 Å². The number of hydrogen-bond acceptors (Lipinski definition) is 3. The molecule has 0 aromatic heterocycles. The number of anilines is 9. The maximum absolute atomic E-state index is 2.39. The molecule has 0 saturated carbocycles. The number of nitrogens with zero attached hydrogens (tertiary/aromatic N) is 3. The first-order chi connectivity index (χ1) is 28.7. The van der Waals surface area contributed by atoms with Gasteiger partial charge in [-0.2, -0.15) is 0 Å². The first-order valence-electron chi connectivity index (χ1n) is 19.9. The minimum atomic E-state index is 1.10. The number of rotatable bonds is 9. The van der Waals surface area contributed by atoms with Gasteiger partial charge in [0.2, 0.25) is 0 Å². The Labute approximate surface area is 339 Å². The van der Waals surface area contributed by atoms with Crippen LogP contribution in [0.4, 0.5) is 51.2 Å². The van der Waals surface area contributed by atoms with Crippen molar-refractivity contribution in [2.24, 2.45) is 0 Å². The molecule has 10 aromatic rings. The third-order valence-corrected chi connectivity index (χ3v) is 11.0. The van der Waals surface area contributed by atoms with Gasteiger partial charge in [0, 0.05) is 51.2 Å². The van der Waals surface area contributed by atoms with Gasteiger partial charge in [-0.15, -0.1) is 0 Å². The summed E-state index contributed by atoms with van der Waals surface area (Å²) in [5.41, 5.74) is 11.2. The van der Waals surface area contributed by atoms with E-state index in [1.54, 1.807) is 0 Å². The average molecular weight is 744 g/mol. The zero-order chi connectivity index (χ0) is 38.8. The van der Waals surface area contributed by atoms with E-state index in [2.05, 4.69) is 252 Å². The van der Waals surface area contributed by atoms with Gasteiger partial charge in [-0.25, -0.2) is 0 Å². The summed E-state index contributed by atoms with van der Waals surface area (Å²) < 4.78 is 0. The Morgan fingerprint density at radius 2 is 0.466 bits per heavy atom. The summed E-state index contributed by atoms with van der Waals surface area (Å²) >= 11 is 0. The van der Waals surface area contributed by atoms with E-state index in [9.17, 15) is 0 Å². The van der Waals surface area contributed by atoms with Crippen LogP contribution in [0.1, 0.15) is 5.56 Å². The van der Waals surface area contributed by atoms with Gasteiger partial charge >= 0.3 is 0 Å². The van der Waals surface area contributed by atoms with Gasteiger partial charge in [-0.1, -0.05) is 121 Å². The Morgan fingerprint density at radius 1 is 0.207 bits per heavy atom. The lowest BCUT2D eigenvalue weighted by Crippen LogP contribution is -2.10. The fourth-order valence-electron chi connectivity index (χ4n) is 8.38. The normalized spacial score (nSPS) is 11.2. The first-order valence-corrected chi connectivity index (χ1v) is 19.9. The van der Waals surface area contributed by atoms with Crippen molar-refractivity contribution in [3.8, 4) is 0 Å². The van der Waals surface area contributed by atoms with Crippen LogP contribution in [0, 0.1) is 6.92 Å². The third-order valence-electron chi connectivity index (χ3n) is 11.0. The third kappa shape index (κ3) is 6.49. The molecular weight excluding hydrogens is 703 g/mol. The van der Waals surface area contributed by atoms with Crippen LogP contribution in [0.25, 0.3) is 32.3 Å². The summed E-state index contributed by atoms with van der Waals surface area (Å²) in [6, 6.07) is 83.0. The van der Waals surface area contributed by atoms with Crippen LogP contribution in [-0.2, 0) is 0 Å². The number of aryl methyl sites for hydroxylation is 1. The maximum atomic E-state index is 2.39. The number of hydrogen-bond donors (Lipinski definition) is 0. The van der Waals surface area contributed by atoms with Crippen LogP contribution in [-0.4, -0.2) is 0 Å². The van der Waals surface area contributed by atoms with Gasteiger partial charge < -0.3 is 14.7 Å².